The maximum Gasteiger partial charge on any atom is 0.407 e. The molecule has 0 aromatic carbocycles. The fourth-order valence-electron chi connectivity index (χ4n) is 2.01. The number of nitrogens with zero attached hydrogens (tertiary/aromatic N) is 1. The van der Waals surface area contributed by atoms with Gasteiger partial charge in [0.25, 0.3) is 0 Å². The smallest absolute Gasteiger partial charge is 0.407 e. The quantitative estimate of drug-likeness (QED) is 0.823. The summed E-state index contributed by atoms with van der Waals surface area (Å²) in [6, 6.07) is 0.252. The number of hydrogen-bond acceptors (Lipinski definition) is 3. The highest BCUT2D eigenvalue weighted by Crippen LogP contribution is 2.12. The van der Waals surface area contributed by atoms with Gasteiger partial charge < -0.3 is 15.0 Å². The zero-order chi connectivity index (χ0) is 12.9. The van der Waals surface area contributed by atoms with E-state index in [1.165, 1.54) is 12.8 Å². The van der Waals surface area contributed by atoms with Crippen LogP contribution in [0, 0.1) is 0 Å². The topological polar surface area (TPSA) is 41.6 Å². The Balaban J connectivity index is 2.23. The van der Waals surface area contributed by atoms with Gasteiger partial charge in [-0.05, 0) is 40.2 Å². The van der Waals surface area contributed by atoms with Crippen molar-refractivity contribution in [1.82, 2.24) is 10.2 Å². The van der Waals surface area contributed by atoms with E-state index in [-0.39, 0.29) is 12.1 Å². The van der Waals surface area contributed by atoms with Crippen molar-refractivity contribution < 1.29 is 9.53 Å². The minimum atomic E-state index is -0.412. The molecule has 1 heterocycles. The van der Waals surface area contributed by atoms with Gasteiger partial charge in [0.1, 0.15) is 5.60 Å². The van der Waals surface area contributed by atoms with E-state index in [4.69, 9.17) is 4.74 Å². The number of ether oxygens (including phenoxy) is 1. The molecule has 0 saturated carbocycles. The Morgan fingerprint density at radius 3 is 2.76 bits per heavy atom. The highest BCUT2D eigenvalue weighted by Gasteiger charge is 2.25. The van der Waals surface area contributed by atoms with Gasteiger partial charge in [0.2, 0.25) is 0 Å². The zero-order valence-corrected chi connectivity index (χ0v) is 11.6. The van der Waals surface area contributed by atoms with Crippen LogP contribution < -0.4 is 5.32 Å². The lowest BCUT2D eigenvalue weighted by molar-refractivity contribution is 0.0506. The van der Waals surface area contributed by atoms with Crippen molar-refractivity contribution in [1.29, 1.82) is 0 Å². The highest BCUT2D eigenvalue weighted by atomic mass is 16.6. The third-order valence-electron chi connectivity index (χ3n) is 2.82. The molecule has 1 aliphatic heterocycles. The van der Waals surface area contributed by atoms with Crippen molar-refractivity contribution in [2.24, 2.45) is 0 Å². The molecule has 0 bridgehead atoms. The number of carbonyl (C=O) groups excluding carboxylic acids is 1. The Morgan fingerprint density at radius 1 is 1.47 bits per heavy atom. The first-order chi connectivity index (χ1) is 7.90. The molecule has 0 aromatic heterocycles. The Hall–Kier alpha value is -0.770. The van der Waals surface area contributed by atoms with Crippen LogP contribution >= 0.6 is 0 Å². The van der Waals surface area contributed by atoms with E-state index in [0.29, 0.717) is 0 Å². The third-order valence-corrected chi connectivity index (χ3v) is 2.82. The highest BCUT2D eigenvalue weighted by molar-refractivity contribution is 5.68. The molecule has 1 rings (SSSR count). The molecule has 4 heteroatoms. The summed E-state index contributed by atoms with van der Waals surface area (Å²) < 4.78 is 5.25. The first-order valence-corrected chi connectivity index (χ1v) is 6.62. The molecular weight excluding hydrogens is 216 g/mol. The van der Waals surface area contributed by atoms with Crippen molar-refractivity contribution in [2.45, 2.75) is 58.6 Å². The van der Waals surface area contributed by atoms with Crippen LogP contribution in [0.5, 0.6) is 0 Å². The standard InChI is InChI=1S/C13H26N2O2/c1-5-6-8-15-9-7-11(10-15)14-12(16)17-13(2,3)4/h11H,5-10H2,1-4H3,(H,14,16). The lowest BCUT2D eigenvalue weighted by Gasteiger charge is -2.22. The molecule has 100 valence electrons. The predicted octanol–water partition coefficient (Wildman–Crippen LogP) is 2.39. The van der Waals surface area contributed by atoms with Gasteiger partial charge in [0.15, 0.2) is 0 Å². The van der Waals surface area contributed by atoms with Gasteiger partial charge in [-0.2, -0.15) is 0 Å². The molecule has 1 N–H and O–H groups in total. The molecule has 1 amide bonds. The van der Waals surface area contributed by atoms with E-state index in [0.717, 1.165) is 26.1 Å². The van der Waals surface area contributed by atoms with Crippen molar-refractivity contribution in [2.75, 3.05) is 19.6 Å². The first kappa shape index (κ1) is 14.3. The molecule has 1 aliphatic rings. The molecule has 17 heavy (non-hydrogen) atoms. The second-order valence-electron chi connectivity index (χ2n) is 5.79. The van der Waals surface area contributed by atoms with E-state index >= 15 is 0 Å². The molecule has 0 radical (unpaired) electrons. The second kappa shape index (κ2) is 6.24. The van der Waals surface area contributed by atoms with Crippen molar-refractivity contribution in [3.63, 3.8) is 0 Å². The van der Waals surface area contributed by atoms with Crippen LogP contribution in [0.1, 0.15) is 47.0 Å². The fraction of sp³-hybridized carbons (Fsp3) is 0.923. The van der Waals surface area contributed by atoms with Gasteiger partial charge in [-0.15, -0.1) is 0 Å². The van der Waals surface area contributed by atoms with E-state index in [1.807, 2.05) is 20.8 Å². The second-order valence-corrected chi connectivity index (χ2v) is 5.79. The van der Waals surface area contributed by atoms with Crippen LogP contribution in [0.3, 0.4) is 0 Å². The summed E-state index contributed by atoms with van der Waals surface area (Å²) in [5.41, 5.74) is -0.412. The van der Waals surface area contributed by atoms with Crippen LogP contribution in [-0.2, 0) is 4.74 Å². The summed E-state index contributed by atoms with van der Waals surface area (Å²) in [6.45, 7) is 11.0. The number of hydrogen-bond donors (Lipinski definition) is 1. The largest absolute Gasteiger partial charge is 0.444 e. The SMILES string of the molecule is CCCCN1CCC(NC(=O)OC(C)(C)C)C1. The van der Waals surface area contributed by atoms with Crippen LogP contribution in [0.2, 0.25) is 0 Å². The molecule has 1 fully saturated rings. The number of nitrogens with one attached hydrogen (secondary N) is 1. The van der Waals surface area contributed by atoms with Crippen LogP contribution in [-0.4, -0.2) is 42.3 Å². The molecule has 4 nitrogen and oxygen atoms in total. The predicted molar refractivity (Wildman–Crippen MR) is 69.1 cm³/mol. The van der Waals surface area contributed by atoms with Crippen molar-refractivity contribution in [3.8, 4) is 0 Å². The van der Waals surface area contributed by atoms with Crippen LogP contribution in [0.15, 0.2) is 0 Å². The third kappa shape index (κ3) is 5.91. The summed E-state index contributed by atoms with van der Waals surface area (Å²) >= 11 is 0. The van der Waals surface area contributed by atoms with E-state index < -0.39 is 5.60 Å². The van der Waals surface area contributed by atoms with Crippen molar-refractivity contribution in [3.05, 3.63) is 0 Å². The number of rotatable bonds is 4. The molecule has 1 unspecified atom stereocenters. The zero-order valence-electron chi connectivity index (χ0n) is 11.6. The minimum Gasteiger partial charge on any atom is -0.444 e. The molecule has 1 saturated heterocycles. The van der Waals surface area contributed by atoms with Crippen LogP contribution in [0.4, 0.5) is 4.79 Å². The summed E-state index contributed by atoms with van der Waals surface area (Å²) in [5.74, 6) is 0. The van der Waals surface area contributed by atoms with Gasteiger partial charge in [0.05, 0.1) is 0 Å². The maximum absolute atomic E-state index is 11.6. The Labute approximate surface area is 105 Å². The van der Waals surface area contributed by atoms with E-state index in [1.54, 1.807) is 0 Å². The van der Waals surface area contributed by atoms with E-state index in [2.05, 4.69) is 17.1 Å². The Kier molecular flexibility index (Phi) is 5.25. The molecule has 0 aromatic rings. The molecular formula is C13H26N2O2. The van der Waals surface area contributed by atoms with Gasteiger partial charge in [0, 0.05) is 19.1 Å². The Bertz CT molecular complexity index is 248. The number of amides is 1. The molecule has 0 spiro atoms. The van der Waals surface area contributed by atoms with Gasteiger partial charge in [-0.25, -0.2) is 4.79 Å². The fourth-order valence-corrected chi connectivity index (χ4v) is 2.01. The normalized spacial score (nSPS) is 21.5. The average molecular weight is 242 g/mol. The maximum atomic E-state index is 11.6. The molecule has 1 atom stereocenters. The number of alkyl carbamates (subject to hydrolysis) is 1. The summed E-state index contributed by atoms with van der Waals surface area (Å²) in [5, 5.41) is 2.94. The first-order valence-electron chi connectivity index (χ1n) is 6.62. The van der Waals surface area contributed by atoms with Crippen LogP contribution in [0.25, 0.3) is 0 Å². The summed E-state index contributed by atoms with van der Waals surface area (Å²) in [7, 11) is 0. The minimum absolute atomic E-state index is 0.252. The summed E-state index contributed by atoms with van der Waals surface area (Å²) in [6.07, 6.45) is 3.20. The lowest BCUT2D eigenvalue weighted by Crippen LogP contribution is -2.40. The monoisotopic (exact) mass is 242 g/mol. The summed E-state index contributed by atoms with van der Waals surface area (Å²) in [4.78, 5) is 14.0. The van der Waals surface area contributed by atoms with Gasteiger partial charge in [-0.3, -0.25) is 0 Å². The van der Waals surface area contributed by atoms with Gasteiger partial charge >= 0.3 is 6.09 Å². The number of carbonyl (C=O) groups is 1. The average Bonchev–Trinajstić information content (AvgIpc) is 2.59. The molecule has 0 aliphatic carbocycles. The number of unbranched alkanes of at least 4 members (excludes halogenated alkanes) is 1. The lowest BCUT2D eigenvalue weighted by atomic mass is 10.2. The van der Waals surface area contributed by atoms with E-state index in [9.17, 15) is 4.79 Å². The van der Waals surface area contributed by atoms with Crippen molar-refractivity contribution >= 4 is 6.09 Å². The van der Waals surface area contributed by atoms with Gasteiger partial charge in [-0.1, -0.05) is 13.3 Å². The Morgan fingerprint density at radius 2 is 2.18 bits per heavy atom. The number of likely N-dealkylation sites (tertiary alicyclic amines) is 1.